The fourth-order valence-corrected chi connectivity index (χ4v) is 2.81. The molecule has 0 saturated heterocycles. The van der Waals surface area contributed by atoms with Crippen molar-refractivity contribution in [3.8, 4) is 11.3 Å². The van der Waals surface area contributed by atoms with Gasteiger partial charge in [0.05, 0.1) is 15.1 Å². The Labute approximate surface area is 175 Å². The van der Waals surface area contributed by atoms with Crippen LogP contribution in [-0.4, -0.2) is 22.5 Å². The minimum atomic E-state index is -0.538. The van der Waals surface area contributed by atoms with Crippen molar-refractivity contribution in [1.29, 1.82) is 0 Å². The Kier molecular flexibility index (Phi) is 7.60. The minimum Gasteiger partial charge on any atom is -0.461 e. The van der Waals surface area contributed by atoms with Gasteiger partial charge in [0.2, 0.25) is 5.82 Å². The number of nitrogens with one attached hydrogen (secondary N) is 1. The molecule has 0 spiro atoms. The highest BCUT2D eigenvalue weighted by Gasteiger charge is 2.20. The Morgan fingerprint density at radius 2 is 1.93 bits per heavy atom. The van der Waals surface area contributed by atoms with Crippen LogP contribution in [0.25, 0.3) is 11.3 Å². The Hall–Kier alpha value is -3.07. The monoisotopic (exact) mass is 463 g/mol. The maximum atomic E-state index is 13.2. The van der Waals surface area contributed by atoms with Gasteiger partial charge in [-0.3, -0.25) is 14.9 Å². The molecule has 0 atom stereocenters. The van der Waals surface area contributed by atoms with Crippen LogP contribution in [0.3, 0.4) is 0 Å². The second kappa shape index (κ2) is 9.92. The highest BCUT2D eigenvalue weighted by molar-refractivity contribution is 9.10. The lowest BCUT2D eigenvalue weighted by atomic mass is 10.1. The van der Waals surface area contributed by atoms with E-state index in [2.05, 4.69) is 26.2 Å². The van der Waals surface area contributed by atoms with Crippen LogP contribution >= 0.6 is 15.9 Å². The molecular weight excluding hydrogens is 445 g/mol. The molecule has 0 saturated carbocycles. The lowest BCUT2D eigenvalue weighted by Crippen LogP contribution is -2.04. The molecular formula is C20H19BrFN3O4. The van der Waals surface area contributed by atoms with Crippen molar-refractivity contribution < 1.29 is 18.8 Å². The van der Waals surface area contributed by atoms with E-state index in [1.165, 1.54) is 25.1 Å². The van der Waals surface area contributed by atoms with Gasteiger partial charge < -0.3 is 10.1 Å². The summed E-state index contributed by atoms with van der Waals surface area (Å²) in [6.45, 7) is 5.00. The maximum Gasteiger partial charge on any atom is 0.312 e. The van der Waals surface area contributed by atoms with Gasteiger partial charge in [-0.2, -0.15) is 0 Å². The highest BCUT2D eigenvalue weighted by Crippen LogP contribution is 2.34. The van der Waals surface area contributed by atoms with Crippen LogP contribution < -0.4 is 5.32 Å². The molecule has 7 nitrogen and oxygen atoms in total. The quantitative estimate of drug-likeness (QED) is 0.256. The number of hydrogen-bond donors (Lipinski definition) is 1. The summed E-state index contributed by atoms with van der Waals surface area (Å²) in [5.41, 5.74) is 2.22. The van der Waals surface area contributed by atoms with Gasteiger partial charge in [0.25, 0.3) is 0 Å². The fraction of sp³-hybridized carbons (Fsp3) is 0.200. The number of hydrogen-bond acceptors (Lipinski definition) is 6. The average molecular weight is 464 g/mol. The SMILES string of the molecule is CC(=O)OC/C(C)=C/C=C(\C)Nc1nc(-c2ccc(F)cc2)c(Br)cc1[N+](=O)[O-]. The second-order valence-corrected chi connectivity index (χ2v) is 7.07. The van der Waals surface area contributed by atoms with Crippen molar-refractivity contribution in [3.05, 3.63) is 74.2 Å². The van der Waals surface area contributed by atoms with Crippen molar-refractivity contribution in [2.45, 2.75) is 20.8 Å². The molecule has 1 aromatic heterocycles. The summed E-state index contributed by atoms with van der Waals surface area (Å²) >= 11 is 3.30. The van der Waals surface area contributed by atoms with Crippen molar-refractivity contribution in [2.24, 2.45) is 0 Å². The zero-order valence-corrected chi connectivity index (χ0v) is 17.6. The zero-order chi connectivity index (χ0) is 21.6. The molecule has 0 aliphatic heterocycles. The lowest BCUT2D eigenvalue weighted by Gasteiger charge is -2.10. The number of aromatic nitrogens is 1. The van der Waals surface area contributed by atoms with Gasteiger partial charge in [0, 0.05) is 24.3 Å². The van der Waals surface area contributed by atoms with E-state index in [0.717, 1.165) is 5.57 Å². The first-order valence-electron chi connectivity index (χ1n) is 8.52. The zero-order valence-electron chi connectivity index (χ0n) is 16.0. The van der Waals surface area contributed by atoms with Gasteiger partial charge in [-0.15, -0.1) is 0 Å². The number of carbonyl (C=O) groups excluding carboxylic acids is 1. The third kappa shape index (κ3) is 6.49. The summed E-state index contributed by atoms with van der Waals surface area (Å²) in [5, 5.41) is 14.4. The van der Waals surface area contributed by atoms with Gasteiger partial charge in [-0.1, -0.05) is 6.08 Å². The van der Waals surface area contributed by atoms with E-state index in [1.807, 2.05) is 0 Å². The highest BCUT2D eigenvalue weighted by atomic mass is 79.9. The van der Waals surface area contributed by atoms with Crippen molar-refractivity contribution in [3.63, 3.8) is 0 Å². The summed E-state index contributed by atoms with van der Waals surface area (Å²) < 4.78 is 18.5. The third-order valence-corrected chi connectivity index (χ3v) is 4.31. The number of carbonyl (C=O) groups is 1. The van der Waals surface area contributed by atoms with Crippen LogP contribution in [-0.2, 0) is 9.53 Å². The van der Waals surface area contributed by atoms with Crippen molar-refractivity contribution in [2.75, 3.05) is 11.9 Å². The first-order chi connectivity index (χ1) is 13.7. The molecule has 2 rings (SSSR count). The summed E-state index contributed by atoms with van der Waals surface area (Å²) in [5.74, 6) is -0.711. The number of allylic oxidation sites excluding steroid dienone is 3. The standard InChI is InChI=1S/C20H19BrFN3O4/c1-12(11-29-14(3)26)4-5-13(2)23-20-18(25(27)28)10-17(21)19(24-20)15-6-8-16(22)9-7-15/h4-10H,11H2,1-3H3,(H,23,24)/b12-4+,13-5+. The Bertz CT molecular complexity index is 988. The molecule has 0 unspecified atom stereocenters. The molecule has 0 fully saturated rings. The van der Waals surface area contributed by atoms with E-state index in [1.54, 1.807) is 38.1 Å². The van der Waals surface area contributed by atoms with Gasteiger partial charge >= 0.3 is 11.7 Å². The van der Waals surface area contributed by atoms with E-state index < -0.39 is 4.92 Å². The molecule has 1 aromatic carbocycles. The van der Waals surface area contributed by atoms with E-state index in [4.69, 9.17) is 4.74 Å². The van der Waals surface area contributed by atoms with Crippen LogP contribution in [0.2, 0.25) is 0 Å². The summed E-state index contributed by atoms with van der Waals surface area (Å²) in [7, 11) is 0. The number of halogens is 2. The molecule has 29 heavy (non-hydrogen) atoms. The molecule has 9 heteroatoms. The smallest absolute Gasteiger partial charge is 0.312 e. The molecule has 0 aliphatic carbocycles. The summed E-state index contributed by atoms with van der Waals surface area (Å²) in [4.78, 5) is 26.1. The number of pyridine rings is 1. The lowest BCUT2D eigenvalue weighted by molar-refractivity contribution is -0.384. The maximum absolute atomic E-state index is 13.2. The van der Waals surface area contributed by atoms with Crippen molar-refractivity contribution >= 4 is 33.4 Å². The molecule has 1 N–H and O–H groups in total. The summed E-state index contributed by atoms with van der Waals surface area (Å²) in [6, 6.07) is 7.02. The molecule has 0 radical (unpaired) electrons. The van der Waals surface area contributed by atoms with Crippen LogP contribution in [0.15, 0.2) is 58.2 Å². The van der Waals surface area contributed by atoms with E-state index in [9.17, 15) is 19.3 Å². The van der Waals surface area contributed by atoms with Gasteiger partial charge in [-0.05, 0) is 65.7 Å². The van der Waals surface area contributed by atoms with Crippen LogP contribution in [0.5, 0.6) is 0 Å². The second-order valence-electron chi connectivity index (χ2n) is 6.22. The molecule has 1 heterocycles. The largest absolute Gasteiger partial charge is 0.461 e. The van der Waals surface area contributed by atoms with Crippen LogP contribution in [0.4, 0.5) is 15.9 Å². The van der Waals surface area contributed by atoms with Crippen molar-refractivity contribution in [1.82, 2.24) is 4.98 Å². The predicted octanol–water partition coefficient (Wildman–Crippen LogP) is 5.38. The van der Waals surface area contributed by atoms with Crippen LogP contribution in [0.1, 0.15) is 20.8 Å². The predicted molar refractivity (Wildman–Crippen MR) is 112 cm³/mol. The van der Waals surface area contributed by atoms with Gasteiger partial charge in [0.1, 0.15) is 12.4 Å². The number of benzene rings is 1. The molecule has 0 bridgehead atoms. The number of nitro groups is 1. The number of nitrogens with zero attached hydrogens (tertiary/aromatic N) is 2. The third-order valence-electron chi connectivity index (χ3n) is 3.71. The van der Waals surface area contributed by atoms with E-state index in [-0.39, 0.29) is 29.9 Å². The fourth-order valence-electron chi connectivity index (χ4n) is 2.28. The molecule has 2 aromatic rings. The van der Waals surface area contributed by atoms with E-state index in [0.29, 0.717) is 21.4 Å². The number of rotatable bonds is 7. The van der Waals surface area contributed by atoms with Gasteiger partial charge in [0.15, 0.2) is 0 Å². The molecule has 152 valence electrons. The normalized spacial score (nSPS) is 11.9. The Balaban J connectivity index is 2.34. The summed E-state index contributed by atoms with van der Waals surface area (Å²) in [6.07, 6.45) is 3.43. The minimum absolute atomic E-state index is 0.0531. The van der Waals surface area contributed by atoms with Gasteiger partial charge in [-0.25, -0.2) is 9.37 Å². The molecule has 0 amide bonds. The average Bonchev–Trinajstić information content (AvgIpc) is 2.66. The number of ether oxygens (including phenoxy) is 1. The topological polar surface area (TPSA) is 94.4 Å². The Morgan fingerprint density at radius 1 is 1.28 bits per heavy atom. The van der Waals surface area contributed by atoms with E-state index >= 15 is 0 Å². The first-order valence-corrected chi connectivity index (χ1v) is 9.32. The Morgan fingerprint density at radius 3 is 2.52 bits per heavy atom. The molecule has 0 aliphatic rings. The number of anilines is 1. The first kappa shape index (κ1) is 22.2. The number of esters is 1. The van der Waals surface area contributed by atoms with Crippen LogP contribution in [0, 0.1) is 15.9 Å².